The number of alkyl halides is 3. The Morgan fingerprint density at radius 1 is 1.21 bits per heavy atom. The van der Waals surface area contributed by atoms with Crippen LogP contribution in [0.1, 0.15) is 47.5 Å². The van der Waals surface area contributed by atoms with Gasteiger partial charge in [-0.25, -0.2) is 0 Å². The number of hydrogen-bond acceptors (Lipinski definition) is 2. The molecular weight excluding hydrogens is 319 g/mol. The molecule has 1 atom stereocenters. The van der Waals surface area contributed by atoms with Crippen molar-refractivity contribution in [2.75, 3.05) is 0 Å². The molecule has 0 aliphatic rings. The van der Waals surface area contributed by atoms with Crippen LogP contribution < -0.4 is 5.32 Å². The number of rotatable bonds is 5. The minimum Gasteiger partial charge on any atom is -0.466 e. The highest BCUT2D eigenvalue weighted by Crippen LogP contribution is 2.30. The van der Waals surface area contributed by atoms with E-state index in [1.54, 1.807) is 0 Å². The van der Waals surface area contributed by atoms with Crippen LogP contribution in [-0.2, 0) is 17.5 Å². The summed E-state index contributed by atoms with van der Waals surface area (Å²) in [5.74, 6) is 1.23. The van der Waals surface area contributed by atoms with Crippen LogP contribution in [0.4, 0.5) is 13.2 Å². The molecule has 0 aliphatic carbocycles. The van der Waals surface area contributed by atoms with Crippen LogP contribution >= 0.6 is 0 Å². The van der Waals surface area contributed by atoms with Gasteiger partial charge in [-0.3, -0.25) is 4.79 Å². The third kappa shape index (κ3) is 4.63. The Bertz CT molecular complexity index is 702. The highest BCUT2D eigenvalue weighted by molar-refractivity contribution is 5.76. The zero-order valence-electron chi connectivity index (χ0n) is 13.8. The van der Waals surface area contributed by atoms with Crippen molar-refractivity contribution < 1.29 is 22.4 Å². The highest BCUT2D eigenvalue weighted by Gasteiger charge is 2.30. The van der Waals surface area contributed by atoms with Crippen LogP contribution in [0, 0.1) is 13.8 Å². The monoisotopic (exact) mass is 339 g/mol. The lowest BCUT2D eigenvalue weighted by Crippen LogP contribution is -2.24. The van der Waals surface area contributed by atoms with Crippen molar-refractivity contribution in [2.45, 2.75) is 45.8 Å². The molecule has 0 saturated carbocycles. The third-order valence-electron chi connectivity index (χ3n) is 3.92. The predicted molar refractivity (Wildman–Crippen MR) is 84.5 cm³/mol. The number of amides is 1. The fourth-order valence-corrected chi connectivity index (χ4v) is 2.52. The zero-order chi connectivity index (χ0) is 17.9. The van der Waals surface area contributed by atoms with E-state index in [-0.39, 0.29) is 18.2 Å². The molecule has 0 spiro atoms. The molecule has 6 heteroatoms. The van der Waals surface area contributed by atoms with Crippen LogP contribution in [0.15, 0.2) is 34.7 Å². The highest BCUT2D eigenvalue weighted by atomic mass is 19.4. The topological polar surface area (TPSA) is 42.2 Å². The Balaban J connectivity index is 1.90. The third-order valence-corrected chi connectivity index (χ3v) is 3.92. The number of carbonyl (C=O) groups excluding carboxylic acids is 1. The summed E-state index contributed by atoms with van der Waals surface area (Å²) in [6, 6.07) is 6.80. The van der Waals surface area contributed by atoms with E-state index < -0.39 is 11.7 Å². The summed E-state index contributed by atoms with van der Waals surface area (Å²) in [6.07, 6.45) is -4.14. The van der Waals surface area contributed by atoms with Crippen LogP contribution in [0.25, 0.3) is 0 Å². The Morgan fingerprint density at radius 3 is 2.33 bits per heavy atom. The molecule has 2 aromatic rings. The van der Waals surface area contributed by atoms with E-state index in [1.807, 2.05) is 26.8 Å². The van der Waals surface area contributed by atoms with E-state index in [0.717, 1.165) is 29.2 Å². The van der Waals surface area contributed by atoms with Crippen LogP contribution in [0.5, 0.6) is 0 Å². The number of carbonyl (C=O) groups is 1. The first kappa shape index (κ1) is 18.1. The maximum Gasteiger partial charge on any atom is 0.416 e. The quantitative estimate of drug-likeness (QED) is 0.856. The Morgan fingerprint density at radius 2 is 1.83 bits per heavy atom. The number of halogens is 3. The second-order valence-corrected chi connectivity index (χ2v) is 5.94. The molecule has 1 heterocycles. The summed E-state index contributed by atoms with van der Waals surface area (Å²) < 4.78 is 43.1. The molecule has 1 amide bonds. The SMILES string of the molecule is Cc1cc(CNC(=O)CC(C)c2ccc(C(F)(F)F)cc2)c(C)o1. The van der Waals surface area contributed by atoms with Crippen molar-refractivity contribution in [1.29, 1.82) is 0 Å². The minimum absolute atomic E-state index is 0.152. The van der Waals surface area contributed by atoms with Crippen molar-refractivity contribution in [3.63, 3.8) is 0 Å². The fraction of sp³-hybridized carbons (Fsp3) is 0.389. The molecule has 1 N–H and O–H groups in total. The molecule has 0 saturated heterocycles. The summed E-state index contributed by atoms with van der Waals surface area (Å²) in [7, 11) is 0. The van der Waals surface area contributed by atoms with E-state index in [4.69, 9.17) is 4.42 Å². The second-order valence-electron chi connectivity index (χ2n) is 5.94. The average molecular weight is 339 g/mol. The lowest BCUT2D eigenvalue weighted by atomic mass is 9.96. The fourth-order valence-electron chi connectivity index (χ4n) is 2.52. The molecule has 130 valence electrons. The van der Waals surface area contributed by atoms with Crippen LogP contribution in [-0.4, -0.2) is 5.91 Å². The van der Waals surface area contributed by atoms with E-state index in [1.165, 1.54) is 12.1 Å². The molecule has 1 aromatic heterocycles. The first-order chi connectivity index (χ1) is 11.2. The number of benzene rings is 1. The number of aryl methyl sites for hydroxylation is 2. The van der Waals surface area contributed by atoms with Gasteiger partial charge in [0.1, 0.15) is 11.5 Å². The van der Waals surface area contributed by atoms with E-state index >= 15 is 0 Å². The first-order valence-electron chi connectivity index (χ1n) is 7.66. The molecular formula is C18H20F3NO2. The van der Waals surface area contributed by atoms with Gasteiger partial charge in [0, 0.05) is 18.5 Å². The van der Waals surface area contributed by atoms with Gasteiger partial charge in [-0.1, -0.05) is 19.1 Å². The largest absolute Gasteiger partial charge is 0.466 e. The molecule has 0 aliphatic heterocycles. The van der Waals surface area contributed by atoms with Gasteiger partial charge in [0.15, 0.2) is 0 Å². The molecule has 0 fully saturated rings. The van der Waals surface area contributed by atoms with Gasteiger partial charge in [-0.05, 0) is 43.5 Å². The maximum atomic E-state index is 12.6. The van der Waals surface area contributed by atoms with Gasteiger partial charge >= 0.3 is 6.18 Å². The zero-order valence-corrected chi connectivity index (χ0v) is 13.8. The van der Waals surface area contributed by atoms with E-state index in [0.29, 0.717) is 12.1 Å². The normalized spacial score (nSPS) is 12.9. The average Bonchev–Trinajstić information content (AvgIpc) is 2.82. The van der Waals surface area contributed by atoms with E-state index in [2.05, 4.69) is 5.32 Å². The van der Waals surface area contributed by atoms with Crippen molar-refractivity contribution in [3.8, 4) is 0 Å². The predicted octanol–water partition coefficient (Wildman–Crippen LogP) is 4.73. The van der Waals surface area contributed by atoms with Gasteiger partial charge in [-0.2, -0.15) is 13.2 Å². The number of hydrogen-bond donors (Lipinski definition) is 1. The molecule has 0 bridgehead atoms. The maximum absolute atomic E-state index is 12.6. The van der Waals surface area contributed by atoms with Crippen molar-refractivity contribution in [3.05, 3.63) is 58.5 Å². The van der Waals surface area contributed by atoms with Crippen molar-refractivity contribution in [2.24, 2.45) is 0 Å². The van der Waals surface area contributed by atoms with Crippen molar-refractivity contribution >= 4 is 5.91 Å². The van der Waals surface area contributed by atoms with Gasteiger partial charge in [-0.15, -0.1) is 0 Å². The Labute approximate surface area is 138 Å². The number of furan rings is 1. The summed E-state index contributed by atoms with van der Waals surface area (Å²) in [6.45, 7) is 5.86. The Hall–Kier alpha value is -2.24. The molecule has 24 heavy (non-hydrogen) atoms. The molecule has 3 nitrogen and oxygen atoms in total. The van der Waals surface area contributed by atoms with E-state index in [9.17, 15) is 18.0 Å². The summed E-state index contributed by atoms with van der Waals surface area (Å²) in [4.78, 5) is 12.0. The summed E-state index contributed by atoms with van der Waals surface area (Å²) in [5, 5.41) is 2.81. The van der Waals surface area contributed by atoms with Gasteiger partial charge in [0.25, 0.3) is 0 Å². The van der Waals surface area contributed by atoms with Crippen LogP contribution in [0.2, 0.25) is 0 Å². The molecule has 1 aromatic carbocycles. The van der Waals surface area contributed by atoms with Gasteiger partial charge in [0.05, 0.1) is 5.56 Å². The minimum atomic E-state index is -4.35. The van der Waals surface area contributed by atoms with Crippen LogP contribution in [0.3, 0.4) is 0 Å². The Kier molecular flexibility index (Phi) is 5.36. The van der Waals surface area contributed by atoms with Gasteiger partial charge < -0.3 is 9.73 Å². The molecule has 0 radical (unpaired) electrons. The van der Waals surface area contributed by atoms with Gasteiger partial charge in [0.2, 0.25) is 5.91 Å². The standard InChI is InChI=1S/C18H20F3NO2/c1-11(14-4-6-16(7-5-14)18(19,20)21)8-17(23)22-10-15-9-12(2)24-13(15)3/h4-7,9,11H,8,10H2,1-3H3,(H,22,23). The lowest BCUT2D eigenvalue weighted by Gasteiger charge is -2.13. The smallest absolute Gasteiger partial charge is 0.416 e. The number of nitrogens with one attached hydrogen (secondary N) is 1. The molecule has 2 rings (SSSR count). The summed E-state index contributed by atoms with van der Waals surface area (Å²) in [5.41, 5.74) is 0.935. The lowest BCUT2D eigenvalue weighted by molar-refractivity contribution is -0.137. The second kappa shape index (κ2) is 7.11. The molecule has 1 unspecified atom stereocenters. The first-order valence-corrected chi connectivity index (χ1v) is 7.66. The van der Waals surface area contributed by atoms with Crippen molar-refractivity contribution in [1.82, 2.24) is 5.32 Å². The summed E-state index contributed by atoms with van der Waals surface area (Å²) >= 11 is 0.